The topological polar surface area (TPSA) is 89.8 Å². The molecule has 2 N–H and O–H groups in total. The van der Waals surface area contributed by atoms with E-state index in [2.05, 4.69) is 67.3 Å². The number of nitrogens with one attached hydrogen (secondary N) is 2. The third-order valence-corrected chi connectivity index (χ3v) is 5.44. The van der Waals surface area contributed by atoms with Gasteiger partial charge in [-0.25, -0.2) is 9.67 Å². The lowest BCUT2D eigenvalue weighted by molar-refractivity contribution is 0.325. The standard InChI is InChI=1S/C25H25N7O/c1-2-7-19(8-3-1)13-14-26-15-20-9-6-10-21(29-20)16-33-25-23-12-5-4-11-22(23)24(30-31-25)32-18-27-17-28-32/h1-12,17-18,20,26,29H,13-16H2. The maximum atomic E-state index is 6.06. The highest BCUT2D eigenvalue weighted by atomic mass is 16.5. The van der Waals surface area contributed by atoms with Gasteiger partial charge in [0.25, 0.3) is 0 Å². The highest BCUT2D eigenvalue weighted by Crippen LogP contribution is 2.26. The van der Waals surface area contributed by atoms with E-state index in [1.54, 1.807) is 11.0 Å². The number of benzene rings is 2. The van der Waals surface area contributed by atoms with Crippen molar-refractivity contribution in [1.82, 2.24) is 35.6 Å². The van der Waals surface area contributed by atoms with Gasteiger partial charge in [-0.3, -0.25) is 0 Å². The first kappa shape index (κ1) is 20.8. The first-order valence-electron chi connectivity index (χ1n) is 11.0. The van der Waals surface area contributed by atoms with Gasteiger partial charge in [-0.15, -0.1) is 10.2 Å². The van der Waals surface area contributed by atoms with Gasteiger partial charge in [-0.05, 0) is 30.7 Å². The third-order valence-electron chi connectivity index (χ3n) is 5.44. The Morgan fingerprint density at radius 1 is 1.00 bits per heavy atom. The van der Waals surface area contributed by atoms with E-state index in [0.29, 0.717) is 18.3 Å². The Balaban J connectivity index is 1.17. The van der Waals surface area contributed by atoms with Crippen LogP contribution in [-0.4, -0.2) is 50.7 Å². The molecule has 0 saturated heterocycles. The summed E-state index contributed by atoms with van der Waals surface area (Å²) in [6.07, 6.45) is 10.3. The van der Waals surface area contributed by atoms with Gasteiger partial charge in [0, 0.05) is 23.0 Å². The van der Waals surface area contributed by atoms with Crippen molar-refractivity contribution in [2.24, 2.45) is 0 Å². The molecule has 3 heterocycles. The summed E-state index contributed by atoms with van der Waals surface area (Å²) in [6.45, 7) is 2.16. The number of aromatic nitrogens is 5. The van der Waals surface area contributed by atoms with Gasteiger partial charge < -0.3 is 15.4 Å². The molecule has 5 rings (SSSR count). The van der Waals surface area contributed by atoms with Gasteiger partial charge in [0.05, 0.1) is 6.04 Å². The SMILES string of the molecule is C1=CC(CNCCc2ccccc2)NC(COc2nnc(-n3cncn3)c3ccccc23)=C1. The molecule has 0 saturated carbocycles. The molecule has 8 nitrogen and oxygen atoms in total. The lowest BCUT2D eigenvalue weighted by atomic mass is 10.1. The van der Waals surface area contributed by atoms with Crippen molar-refractivity contribution in [2.75, 3.05) is 19.7 Å². The zero-order chi connectivity index (χ0) is 22.3. The number of nitrogens with zero attached hydrogens (tertiary/aromatic N) is 5. The molecule has 8 heteroatoms. The highest BCUT2D eigenvalue weighted by Gasteiger charge is 2.14. The van der Waals surface area contributed by atoms with Gasteiger partial charge >= 0.3 is 0 Å². The maximum absolute atomic E-state index is 6.06. The zero-order valence-corrected chi connectivity index (χ0v) is 18.1. The van der Waals surface area contributed by atoms with Crippen LogP contribution in [-0.2, 0) is 6.42 Å². The predicted molar refractivity (Wildman–Crippen MR) is 127 cm³/mol. The molecule has 0 fully saturated rings. The molecule has 2 aromatic carbocycles. The minimum absolute atomic E-state index is 0.210. The summed E-state index contributed by atoms with van der Waals surface area (Å²) in [5, 5.41) is 21.6. The third kappa shape index (κ3) is 5.07. The normalized spacial score (nSPS) is 15.3. The van der Waals surface area contributed by atoms with Gasteiger partial charge in [0.1, 0.15) is 19.3 Å². The molecule has 1 atom stereocenters. The second-order valence-corrected chi connectivity index (χ2v) is 7.77. The minimum Gasteiger partial charge on any atom is -0.470 e. The minimum atomic E-state index is 0.210. The van der Waals surface area contributed by atoms with Gasteiger partial charge in [0.15, 0.2) is 5.82 Å². The second kappa shape index (κ2) is 10.1. The van der Waals surface area contributed by atoms with Gasteiger partial charge in [-0.1, -0.05) is 60.7 Å². The van der Waals surface area contributed by atoms with Crippen LogP contribution in [0.25, 0.3) is 16.6 Å². The lowest BCUT2D eigenvalue weighted by Crippen LogP contribution is -2.39. The molecule has 166 valence electrons. The monoisotopic (exact) mass is 439 g/mol. The summed E-state index contributed by atoms with van der Waals surface area (Å²) in [7, 11) is 0. The largest absolute Gasteiger partial charge is 0.470 e. The smallest absolute Gasteiger partial charge is 0.241 e. The molecule has 1 aliphatic rings. The van der Waals surface area contributed by atoms with Crippen molar-refractivity contribution < 1.29 is 4.74 Å². The molecule has 33 heavy (non-hydrogen) atoms. The van der Waals surface area contributed by atoms with Crippen molar-refractivity contribution in [1.29, 1.82) is 0 Å². The molecule has 0 radical (unpaired) electrons. The Kier molecular flexibility index (Phi) is 6.35. The van der Waals surface area contributed by atoms with Crippen LogP contribution >= 0.6 is 0 Å². The average molecular weight is 440 g/mol. The van der Waals surface area contributed by atoms with Gasteiger partial charge in [0.2, 0.25) is 5.88 Å². The van der Waals surface area contributed by atoms with E-state index in [1.165, 1.54) is 11.9 Å². The van der Waals surface area contributed by atoms with E-state index in [0.717, 1.165) is 36.0 Å². The quantitative estimate of drug-likeness (QED) is 0.388. The van der Waals surface area contributed by atoms with E-state index < -0.39 is 0 Å². The Bertz CT molecular complexity index is 1250. The summed E-state index contributed by atoms with van der Waals surface area (Å²) in [4.78, 5) is 4.00. The van der Waals surface area contributed by atoms with Crippen LogP contribution in [0.15, 0.2) is 91.2 Å². The first-order valence-corrected chi connectivity index (χ1v) is 11.0. The molecular weight excluding hydrogens is 414 g/mol. The van der Waals surface area contributed by atoms with Crippen LogP contribution in [0.4, 0.5) is 0 Å². The van der Waals surface area contributed by atoms with Crippen LogP contribution in [0, 0.1) is 0 Å². The van der Waals surface area contributed by atoms with Crippen molar-refractivity contribution in [3.8, 4) is 11.7 Å². The van der Waals surface area contributed by atoms with Crippen LogP contribution in [0.1, 0.15) is 5.56 Å². The number of allylic oxidation sites excluding steroid dienone is 2. The molecule has 2 aromatic heterocycles. The predicted octanol–water partition coefficient (Wildman–Crippen LogP) is 2.83. The number of ether oxygens (including phenoxy) is 1. The molecule has 0 spiro atoms. The molecule has 0 amide bonds. The Morgan fingerprint density at radius 3 is 2.70 bits per heavy atom. The fraction of sp³-hybridized carbons (Fsp3) is 0.200. The lowest BCUT2D eigenvalue weighted by Gasteiger charge is -2.22. The van der Waals surface area contributed by atoms with Crippen molar-refractivity contribution >= 4 is 10.8 Å². The van der Waals surface area contributed by atoms with Crippen LogP contribution < -0.4 is 15.4 Å². The zero-order valence-electron chi connectivity index (χ0n) is 18.1. The molecule has 1 unspecified atom stereocenters. The van der Waals surface area contributed by atoms with Crippen LogP contribution in [0.3, 0.4) is 0 Å². The summed E-state index contributed by atoms with van der Waals surface area (Å²) in [6, 6.07) is 18.6. The van der Waals surface area contributed by atoms with Crippen molar-refractivity contribution in [3.05, 3.63) is 96.7 Å². The van der Waals surface area contributed by atoms with Crippen molar-refractivity contribution in [2.45, 2.75) is 12.5 Å². The van der Waals surface area contributed by atoms with Crippen molar-refractivity contribution in [3.63, 3.8) is 0 Å². The Morgan fingerprint density at radius 2 is 1.85 bits per heavy atom. The fourth-order valence-corrected chi connectivity index (χ4v) is 3.79. The first-order chi connectivity index (χ1) is 16.4. The molecular formula is C25H25N7O. The van der Waals surface area contributed by atoms with E-state index in [1.807, 2.05) is 36.4 Å². The average Bonchev–Trinajstić information content (AvgIpc) is 3.41. The maximum Gasteiger partial charge on any atom is 0.241 e. The van der Waals surface area contributed by atoms with Crippen LogP contribution in [0.2, 0.25) is 0 Å². The Hall–Kier alpha value is -4.04. The molecule has 0 aliphatic carbocycles. The summed E-state index contributed by atoms with van der Waals surface area (Å²) < 4.78 is 7.66. The second-order valence-electron chi connectivity index (χ2n) is 7.77. The summed E-state index contributed by atoms with van der Waals surface area (Å²) in [5.41, 5.74) is 2.34. The Labute approximate surface area is 192 Å². The highest BCUT2D eigenvalue weighted by molar-refractivity contribution is 5.91. The molecule has 4 aromatic rings. The number of fused-ring (bicyclic) bond motifs is 1. The fourth-order valence-electron chi connectivity index (χ4n) is 3.79. The number of hydrogen-bond acceptors (Lipinski definition) is 7. The van der Waals surface area contributed by atoms with Crippen LogP contribution in [0.5, 0.6) is 5.88 Å². The number of rotatable bonds is 9. The van der Waals surface area contributed by atoms with Gasteiger partial charge in [-0.2, -0.15) is 5.10 Å². The van der Waals surface area contributed by atoms with E-state index in [-0.39, 0.29) is 6.04 Å². The van der Waals surface area contributed by atoms with E-state index >= 15 is 0 Å². The summed E-state index contributed by atoms with van der Waals surface area (Å²) in [5.74, 6) is 1.11. The van der Waals surface area contributed by atoms with E-state index in [4.69, 9.17) is 4.74 Å². The molecule has 0 bridgehead atoms. The summed E-state index contributed by atoms with van der Waals surface area (Å²) >= 11 is 0. The number of hydrogen-bond donors (Lipinski definition) is 2. The van der Waals surface area contributed by atoms with E-state index in [9.17, 15) is 0 Å². The molecule has 1 aliphatic heterocycles. The number of dihydropyridines is 1.